The Morgan fingerprint density at radius 1 is 1.50 bits per heavy atom. The van der Waals surface area contributed by atoms with E-state index in [4.69, 9.17) is 9.47 Å². The minimum Gasteiger partial charge on any atom is -0.472 e. The van der Waals surface area contributed by atoms with Crippen molar-refractivity contribution in [2.75, 3.05) is 26.0 Å². The highest BCUT2D eigenvalue weighted by Crippen LogP contribution is 2.15. The third-order valence-corrected chi connectivity index (χ3v) is 3.71. The van der Waals surface area contributed by atoms with E-state index in [1.807, 2.05) is 6.07 Å². The molecule has 1 saturated heterocycles. The van der Waals surface area contributed by atoms with Gasteiger partial charge in [0.2, 0.25) is 21.8 Å². The summed E-state index contributed by atoms with van der Waals surface area (Å²) in [4.78, 5) is 15.9. The molecule has 1 aliphatic rings. The Kier molecular flexibility index (Phi) is 5.69. The van der Waals surface area contributed by atoms with Crippen LogP contribution >= 0.6 is 0 Å². The predicted molar refractivity (Wildman–Crippen MR) is 78.9 cm³/mol. The average Bonchev–Trinajstić information content (AvgIpc) is 2.48. The molecule has 22 heavy (non-hydrogen) atoms. The summed E-state index contributed by atoms with van der Waals surface area (Å²) in [5.41, 5.74) is 0. The van der Waals surface area contributed by atoms with Crippen LogP contribution in [0, 0.1) is 0 Å². The van der Waals surface area contributed by atoms with E-state index >= 15 is 0 Å². The van der Waals surface area contributed by atoms with E-state index in [-0.39, 0.29) is 18.7 Å². The second-order valence-electron chi connectivity index (χ2n) is 4.96. The summed E-state index contributed by atoms with van der Waals surface area (Å²) in [7, 11) is -3.41. The van der Waals surface area contributed by atoms with Crippen molar-refractivity contribution >= 4 is 15.9 Å². The Balaban J connectivity index is 1.90. The Morgan fingerprint density at radius 3 is 3.00 bits per heavy atom. The zero-order chi connectivity index (χ0) is 16.0. The lowest BCUT2D eigenvalue weighted by Crippen LogP contribution is -2.53. The van der Waals surface area contributed by atoms with Gasteiger partial charge in [-0.2, -0.15) is 0 Å². The first-order valence-electron chi connectivity index (χ1n) is 6.83. The molecule has 1 aromatic heterocycles. The zero-order valence-electron chi connectivity index (χ0n) is 12.2. The molecule has 0 radical (unpaired) electrons. The fraction of sp³-hybridized carbons (Fsp3) is 0.538. The van der Waals surface area contributed by atoms with Crippen molar-refractivity contribution in [2.45, 2.75) is 18.6 Å². The third-order valence-electron chi connectivity index (χ3n) is 3.04. The van der Waals surface area contributed by atoms with Crippen molar-refractivity contribution in [1.29, 1.82) is 0 Å². The molecule has 0 unspecified atom stereocenters. The Morgan fingerprint density at radius 2 is 2.32 bits per heavy atom. The first-order valence-corrected chi connectivity index (χ1v) is 8.72. The van der Waals surface area contributed by atoms with Crippen molar-refractivity contribution in [3.05, 3.63) is 24.4 Å². The number of pyridine rings is 1. The maximum absolute atomic E-state index is 11.8. The number of nitrogens with zero attached hydrogens (tertiary/aromatic N) is 1. The van der Waals surface area contributed by atoms with Crippen LogP contribution in [0.25, 0.3) is 0 Å². The van der Waals surface area contributed by atoms with Crippen LogP contribution in [0.15, 0.2) is 24.4 Å². The molecule has 2 rings (SSSR count). The fourth-order valence-electron chi connectivity index (χ4n) is 2.02. The molecular formula is C13H19N3O5S. The van der Waals surface area contributed by atoms with Crippen molar-refractivity contribution in [1.82, 2.24) is 15.0 Å². The van der Waals surface area contributed by atoms with Crippen molar-refractivity contribution in [3.8, 4) is 5.88 Å². The van der Waals surface area contributed by atoms with Gasteiger partial charge in [0.1, 0.15) is 6.10 Å². The molecule has 0 saturated carbocycles. The minimum absolute atomic E-state index is 0.272. The van der Waals surface area contributed by atoms with E-state index in [1.165, 1.54) is 0 Å². The van der Waals surface area contributed by atoms with E-state index < -0.39 is 15.9 Å². The number of aromatic nitrogens is 1. The molecule has 1 fully saturated rings. The maximum Gasteiger partial charge on any atom is 0.235 e. The normalized spacial score (nSPS) is 22.0. The van der Waals surface area contributed by atoms with Gasteiger partial charge in [-0.05, 0) is 6.07 Å². The largest absolute Gasteiger partial charge is 0.472 e. The number of rotatable bonds is 6. The summed E-state index contributed by atoms with van der Waals surface area (Å²) >= 11 is 0. The molecule has 1 aliphatic heterocycles. The van der Waals surface area contributed by atoms with Crippen molar-refractivity contribution < 1.29 is 22.7 Å². The van der Waals surface area contributed by atoms with E-state index in [2.05, 4.69) is 15.0 Å². The third kappa shape index (κ3) is 5.58. The Hall–Kier alpha value is -1.71. The minimum atomic E-state index is -3.41. The molecule has 1 amide bonds. The number of ether oxygens (including phenoxy) is 2. The summed E-state index contributed by atoms with van der Waals surface area (Å²) in [6.07, 6.45) is 2.96. The number of amides is 1. The summed E-state index contributed by atoms with van der Waals surface area (Å²) in [6.45, 7) is 0.527. The lowest BCUT2D eigenvalue weighted by atomic mass is 10.1. The second-order valence-corrected chi connectivity index (χ2v) is 6.79. The summed E-state index contributed by atoms with van der Waals surface area (Å²) in [6, 6.07) is 4.97. The van der Waals surface area contributed by atoms with Gasteiger partial charge in [0.15, 0.2) is 0 Å². The lowest BCUT2D eigenvalue weighted by Gasteiger charge is -2.32. The Labute approximate surface area is 129 Å². The van der Waals surface area contributed by atoms with Gasteiger partial charge in [0, 0.05) is 18.7 Å². The molecule has 2 N–H and O–H groups in total. The SMILES string of the molecule is CS(=O)(=O)NCC(=O)N[C@@H]1COCC[C@H]1Oc1ccccn1. The summed E-state index contributed by atoms with van der Waals surface area (Å²) < 4.78 is 35.2. The molecule has 0 aliphatic carbocycles. The van der Waals surface area contributed by atoms with Crippen LogP contribution in [0.5, 0.6) is 5.88 Å². The zero-order valence-corrected chi connectivity index (χ0v) is 13.0. The van der Waals surface area contributed by atoms with Gasteiger partial charge in [-0.25, -0.2) is 18.1 Å². The van der Waals surface area contributed by atoms with Gasteiger partial charge in [-0.3, -0.25) is 4.79 Å². The topological polar surface area (TPSA) is 107 Å². The second kappa shape index (κ2) is 7.52. The van der Waals surface area contributed by atoms with Crippen LogP contribution in [0.2, 0.25) is 0 Å². The van der Waals surface area contributed by atoms with E-state index in [0.717, 1.165) is 6.26 Å². The molecule has 9 heteroatoms. The van der Waals surface area contributed by atoms with Gasteiger partial charge < -0.3 is 14.8 Å². The summed E-state index contributed by atoms with van der Waals surface area (Å²) in [5, 5.41) is 2.72. The van der Waals surface area contributed by atoms with Crippen LogP contribution in [0.1, 0.15) is 6.42 Å². The number of hydrogen-bond acceptors (Lipinski definition) is 6. The van der Waals surface area contributed by atoms with Crippen molar-refractivity contribution in [2.24, 2.45) is 0 Å². The van der Waals surface area contributed by atoms with Crippen LogP contribution < -0.4 is 14.8 Å². The van der Waals surface area contributed by atoms with Gasteiger partial charge in [-0.1, -0.05) is 6.07 Å². The van der Waals surface area contributed by atoms with Gasteiger partial charge in [-0.15, -0.1) is 0 Å². The molecule has 8 nitrogen and oxygen atoms in total. The van der Waals surface area contributed by atoms with Crippen molar-refractivity contribution in [3.63, 3.8) is 0 Å². The first kappa shape index (κ1) is 16.7. The fourth-order valence-corrected chi connectivity index (χ4v) is 2.41. The molecule has 2 atom stereocenters. The standard InChI is InChI=1S/C13H19N3O5S/c1-22(18,19)15-8-12(17)16-10-9-20-7-5-11(10)21-13-4-2-3-6-14-13/h2-4,6,10-11,15H,5,7-9H2,1H3,(H,16,17)/t10-,11-/m1/s1. The highest BCUT2D eigenvalue weighted by atomic mass is 32.2. The molecule has 122 valence electrons. The molecule has 2 heterocycles. The quantitative estimate of drug-likeness (QED) is 0.713. The highest BCUT2D eigenvalue weighted by molar-refractivity contribution is 7.88. The number of carbonyl (C=O) groups is 1. The van der Waals surface area contributed by atoms with E-state index in [9.17, 15) is 13.2 Å². The number of carbonyl (C=O) groups excluding carboxylic acids is 1. The predicted octanol–water partition coefficient (Wildman–Crippen LogP) is -0.717. The Bertz CT molecular complexity index is 593. The van der Waals surface area contributed by atoms with Gasteiger partial charge in [0.05, 0.1) is 32.1 Å². The lowest BCUT2D eigenvalue weighted by molar-refractivity contribution is -0.123. The first-order chi connectivity index (χ1) is 10.4. The monoisotopic (exact) mass is 329 g/mol. The van der Waals surface area contributed by atoms with E-state index in [1.54, 1.807) is 18.3 Å². The van der Waals surface area contributed by atoms with Crippen LogP contribution in [0.3, 0.4) is 0 Å². The maximum atomic E-state index is 11.8. The van der Waals surface area contributed by atoms with Gasteiger partial charge in [0.25, 0.3) is 0 Å². The molecule has 0 aromatic carbocycles. The molecule has 0 spiro atoms. The summed E-state index contributed by atoms with van der Waals surface area (Å²) in [5.74, 6) is 0.0402. The van der Waals surface area contributed by atoms with Crippen LogP contribution in [-0.4, -0.2) is 57.5 Å². The average molecular weight is 329 g/mol. The number of hydrogen-bond donors (Lipinski definition) is 2. The molecule has 1 aromatic rings. The smallest absolute Gasteiger partial charge is 0.235 e. The van der Waals surface area contributed by atoms with Crippen LogP contribution in [0.4, 0.5) is 0 Å². The van der Waals surface area contributed by atoms with E-state index in [0.29, 0.717) is 25.5 Å². The molecule has 0 bridgehead atoms. The molecular weight excluding hydrogens is 310 g/mol. The highest BCUT2D eigenvalue weighted by Gasteiger charge is 2.29. The number of nitrogens with one attached hydrogen (secondary N) is 2. The van der Waals surface area contributed by atoms with Gasteiger partial charge >= 0.3 is 0 Å². The van der Waals surface area contributed by atoms with Crippen LogP contribution in [-0.2, 0) is 19.6 Å². The number of sulfonamides is 1.